The maximum absolute atomic E-state index is 12.3. The third-order valence-electron chi connectivity index (χ3n) is 3.76. The van der Waals surface area contributed by atoms with Crippen LogP contribution in [0.5, 0.6) is 0 Å². The lowest BCUT2D eigenvalue weighted by Gasteiger charge is -2.35. The third kappa shape index (κ3) is 5.25. The fourth-order valence-corrected chi connectivity index (χ4v) is 4.57. The lowest BCUT2D eigenvalue weighted by Crippen LogP contribution is -2.47. The van der Waals surface area contributed by atoms with Gasteiger partial charge in [0.25, 0.3) is 0 Å². The Morgan fingerprint density at radius 2 is 1.71 bits per heavy atom. The molecule has 1 aliphatic heterocycles. The van der Waals surface area contributed by atoms with Gasteiger partial charge in [-0.3, -0.25) is 4.90 Å². The molecule has 1 aliphatic rings. The smallest absolute Gasteiger partial charge is 0.240 e. The number of ether oxygens (including phenoxy) is 1. The van der Waals surface area contributed by atoms with E-state index in [1.54, 1.807) is 0 Å². The van der Waals surface area contributed by atoms with Crippen LogP contribution in [0.25, 0.3) is 0 Å². The average Bonchev–Trinajstić information content (AvgIpc) is 2.45. The topological polar surface area (TPSA) is 92.8 Å². The molecule has 1 saturated heterocycles. The van der Waals surface area contributed by atoms with Crippen molar-refractivity contribution >= 4 is 19.9 Å². The van der Waals surface area contributed by atoms with Gasteiger partial charge in [0.1, 0.15) is 0 Å². The lowest BCUT2D eigenvalue weighted by molar-refractivity contribution is -0.0671. The maximum atomic E-state index is 12.3. The van der Waals surface area contributed by atoms with Crippen molar-refractivity contribution in [3.63, 3.8) is 0 Å². The highest BCUT2D eigenvalue weighted by Gasteiger charge is 2.22. The fraction of sp³-hybridized carbons (Fsp3) is 0.600. The summed E-state index contributed by atoms with van der Waals surface area (Å²) in [5.74, 6) is 0. The summed E-state index contributed by atoms with van der Waals surface area (Å²) in [5, 5.41) is 0. The van der Waals surface area contributed by atoms with Gasteiger partial charge in [-0.2, -0.15) is 0 Å². The Morgan fingerprint density at radius 1 is 1.12 bits per heavy atom. The van der Waals surface area contributed by atoms with Crippen molar-refractivity contribution in [2.45, 2.75) is 35.8 Å². The predicted molar refractivity (Wildman–Crippen MR) is 91.2 cm³/mol. The second kappa shape index (κ2) is 7.49. The Bertz CT molecular complexity index is 767. The summed E-state index contributed by atoms with van der Waals surface area (Å²) in [5.41, 5.74) is 0. The number of sulfonamides is 1. The van der Waals surface area contributed by atoms with Crippen LogP contribution in [0, 0.1) is 0 Å². The van der Waals surface area contributed by atoms with E-state index in [9.17, 15) is 16.8 Å². The van der Waals surface area contributed by atoms with Gasteiger partial charge in [0.15, 0.2) is 9.84 Å². The first-order valence-corrected chi connectivity index (χ1v) is 11.1. The first kappa shape index (κ1) is 19.3. The van der Waals surface area contributed by atoms with Gasteiger partial charge in [-0.25, -0.2) is 21.6 Å². The summed E-state index contributed by atoms with van der Waals surface area (Å²) in [6.07, 6.45) is 1.29. The summed E-state index contributed by atoms with van der Waals surface area (Å²) in [7, 11) is -7.19. The molecule has 1 aromatic carbocycles. The molecule has 0 spiro atoms. The van der Waals surface area contributed by atoms with Crippen LogP contribution in [-0.2, 0) is 24.6 Å². The van der Waals surface area contributed by atoms with Crippen molar-refractivity contribution in [2.24, 2.45) is 0 Å². The maximum Gasteiger partial charge on any atom is 0.240 e. The quantitative estimate of drug-likeness (QED) is 0.776. The fourth-order valence-electron chi connectivity index (χ4n) is 2.76. The van der Waals surface area contributed by atoms with Crippen molar-refractivity contribution in [1.29, 1.82) is 0 Å². The van der Waals surface area contributed by atoms with Gasteiger partial charge >= 0.3 is 0 Å². The van der Waals surface area contributed by atoms with E-state index in [0.717, 1.165) is 19.3 Å². The highest BCUT2D eigenvalue weighted by Crippen LogP contribution is 2.15. The summed E-state index contributed by atoms with van der Waals surface area (Å²) in [6.45, 7) is 6.33. The standard InChI is InChI=1S/C15H24N2O5S2/c1-12-10-17(11-13(2)22-12)8-7-16-24(20,21)15-6-4-5-14(9-15)23(3,18)19/h4-6,9,12-13,16H,7-8,10-11H2,1-3H3. The second-order valence-corrected chi connectivity index (χ2v) is 9.94. The molecule has 0 bridgehead atoms. The van der Waals surface area contributed by atoms with Gasteiger partial charge in [-0.15, -0.1) is 0 Å². The molecule has 2 unspecified atom stereocenters. The van der Waals surface area contributed by atoms with Crippen molar-refractivity contribution in [1.82, 2.24) is 9.62 Å². The van der Waals surface area contributed by atoms with E-state index in [2.05, 4.69) is 9.62 Å². The molecule has 2 rings (SSSR count). The molecular weight excluding hydrogens is 352 g/mol. The molecule has 0 amide bonds. The molecule has 9 heteroatoms. The van der Waals surface area contributed by atoms with Crippen LogP contribution in [0.3, 0.4) is 0 Å². The van der Waals surface area contributed by atoms with Gasteiger partial charge < -0.3 is 4.74 Å². The van der Waals surface area contributed by atoms with Crippen LogP contribution in [-0.4, -0.2) is 66.4 Å². The van der Waals surface area contributed by atoms with Gasteiger partial charge in [-0.05, 0) is 32.0 Å². The Balaban J connectivity index is 1.99. The molecule has 0 saturated carbocycles. The Labute approximate surface area is 144 Å². The zero-order valence-electron chi connectivity index (χ0n) is 14.1. The number of rotatable bonds is 6. The van der Waals surface area contributed by atoms with Gasteiger partial charge in [0, 0.05) is 32.4 Å². The Morgan fingerprint density at radius 3 is 2.29 bits per heavy atom. The summed E-state index contributed by atoms with van der Waals surface area (Å²) >= 11 is 0. The zero-order valence-corrected chi connectivity index (χ0v) is 15.7. The Hall–Kier alpha value is -1.00. The molecule has 1 heterocycles. The molecule has 0 radical (unpaired) electrons. The number of hydrogen-bond acceptors (Lipinski definition) is 6. The monoisotopic (exact) mass is 376 g/mol. The van der Waals surface area contributed by atoms with Crippen LogP contribution in [0.15, 0.2) is 34.1 Å². The van der Waals surface area contributed by atoms with Crippen LogP contribution < -0.4 is 4.72 Å². The zero-order chi connectivity index (χ0) is 18.0. The molecule has 0 aliphatic carbocycles. The minimum Gasteiger partial charge on any atom is -0.373 e. The van der Waals surface area contributed by atoms with E-state index in [-0.39, 0.29) is 28.5 Å². The van der Waals surface area contributed by atoms with Crippen molar-refractivity contribution in [3.05, 3.63) is 24.3 Å². The SMILES string of the molecule is CC1CN(CCNS(=O)(=O)c2cccc(S(C)(=O)=O)c2)CC(C)O1. The molecule has 24 heavy (non-hydrogen) atoms. The first-order valence-electron chi connectivity index (χ1n) is 7.75. The molecule has 2 atom stereocenters. The highest BCUT2D eigenvalue weighted by atomic mass is 32.2. The summed E-state index contributed by atoms with van der Waals surface area (Å²) in [6, 6.07) is 5.37. The molecule has 1 fully saturated rings. The molecular formula is C15H24N2O5S2. The number of nitrogens with one attached hydrogen (secondary N) is 1. The minimum absolute atomic E-state index is 0.0128. The van der Waals surface area contributed by atoms with E-state index in [4.69, 9.17) is 4.74 Å². The van der Waals surface area contributed by atoms with Gasteiger partial charge in [-0.1, -0.05) is 6.07 Å². The van der Waals surface area contributed by atoms with Crippen molar-refractivity contribution < 1.29 is 21.6 Å². The van der Waals surface area contributed by atoms with Gasteiger partial charge in [0.2, 0.25) is 10.0 Å². The molecule has 136 valence electrons. The second-order valence-electron chi connectivity index (χ2n) is 6.16. The van der Waals surface area contributed by atoms with E-state index < -0.39 is 19.9 Å². The average molecular weight is 377 g/mol. The molecule has 1 N–H and O–H groups in total. The number of benzene rings is 1. The number of nitrogens with zero attached hydrogens (tertiary/aromatic N) is 1. The van der Waals surface area contributed by atoms with E-state index >= 15 is 0 Å². The highest BCUT2D eigenvalue weighted by molar-refractivity contribution is 7.91. The number of sulfone groups is 1. The largest absolute Gasteiger partial charge is 0.373 e. The third-order valence-corrected chi connectivity index (χ3v) is 6.33. The van der Waals surface area contributed by atoms with Crippen LogP contribution in [0.4, 0.5) is 0 Å². The van der Waals surface area contributed by atoms with E-state index in [0.29, 0.717) is 6.54 Å². The van der Waals surface area contributed by atoms with Crippen molar-refractivity contribution in [2.75, 3.05) is 32.4 Å². The molecule has 1 aromatic rings. The predicted octanol–water partition coefficient (Wildman–Crippen LogP) is 0.478. The van der Waals surface area contributed by atoms with Crippen LogP contribution in [0.2, 0.25) is 0 Å². The lowest BCUT2D eigenvalue weighted by atomic mass is 10.2. The van der Waals surface area contributed by atoms with Gasteiger partial charge in [0.05, 0.1) is 22.0 Å². The Kier molecular flexibility index (Phi) is 6.03. The number of morpholine rings is 1. The first-order chi connectivity index (χ1) is 11.1. The molecule has 0 aromatic heterocycles. The normalized spacial score (nSPS) is 23.3. The van der Waals surface area contributed by atoms with Crippen molar-refractivity contribution in [3.8, 4) is 0 Å². The number of hydrogen-bond donors (Lipinski definition) is 1. The van der Waals surface area contributed by atoms with Crippen LogP contribution in [0.1, 0.15) is 13.8 Å². The minimum atomic E-state index is -3.74. The van der Waals surface area contributed by atoms with Crippen LogP contribution >= 0.6 is 0 Å². The van der Waals surface area contributed by atoms with E-state index in [1.165, 1.54) is 24.3 Å². The molecule has 7 nitrogen and oxygen atoms in total. The summed E-state index contributed by atoms with van der Waals surface area (Å²) in [4.78, 5) is 2.09. The summed E-state index contributed by atoms with van der Waals surface area (Å²) < 4.78 is 56.0. The van der Waals surface area contributed by atoms with E-state index in [1.807, 2.05) is 13.8 Å².